The number of halogens is 1. The van der Waals surface area contributed by atoms with Crippen molar-refractivity contribution >= 4 is 11.7 Å². The predicted molar refractivity (Wildman–Crippen MR) is 82.8 cm³/mol. The van der Waals surface area contributed by atoms with Crippen LogP contribution in [0.5, 0.6) is 5.75 Å². The van der Waals surface area contributed by atoms with Gasteiger partial charge in [0.2, 0.25) is 0 Å². The second-order valence-electron chi connectivity index (χ2n) is 5.02. The van der Waals surface area contributed by atoms with Crippen molar-refractivity contribution in [1.29, 1.82) is 0 Å². The summed E-state index contributed by atoms with van der Waals surface area (Å²) in [7, 11) is 1.40. The number of aromatic nitrogens is 2. The van der Waals surface area contributed by atoms with Gasteiger partial charge in [-0.25, -0.2) is 9.07 Å². The number of amides is 1. The molecule has 6 heteroatoms. The second kappa shape index (κ2) is 7.06. The fourth-order valence-corrected chi connectivity index (χ4v) is 2.20. The average Bonchev–Trinajstić information content (AvgIpc) is 2.84. The molecule has 0 saturated carbocycles. The van der Waals surface area contributed by atoms with Crippen LogP contribution in [-0.2, 0) is 6.54 Å². The highest BCUT2D eigenvalue weighted by atomic mass is 19.1. The van der Waals surface area contributed by atoms with Gasteiger partial charge >= 0.3 is 0 Å². The van der Waals surface area contributed by atoms with Crippen LogP contribution in [-0.4, -0.2) is 22.8 Å². The maximum atomic E-state index is 13.9. The summed E-state index contributed by atoms with van der Waals surface area (Å²) >= 11 is 0. The third-order valence-electron chi connectivity index (χ3n) is 3.29. The molecule has 5 nitrogen and oxygen atoms in total. The number of hydrogen-bond donors (Lipinski definition) is 1. The number of benzene rings is 1. The molecule has 0 aliphatic rings. The van der Waals surface area contributed by atoms with E-state index in [-0.39, 0.29) is 11.3 Å². The fraction of sp³-hybridized carbons (Fsp3) is 0.375. The molecule has 0 aliphatic carbocycles. The number of rotatable bonds is 6. The molecule has 1 aromatic heterocycles. The number of methoxy groups -OCH3 is 1. The Balaban J connectivity index is 2.26. The number of nitrogens with zero attached hydrogens (tertiary/aromatic N) is 2. The summed E-state index contributed by atoms with van der Waals surface area (Å²) in [5.74, 6) is -0.407. The molecule has 0 fully saturated rings. The van der Waals surface area contributed by atoms with Crippen molar-refractivity contribution in [2.45, 2.75) is 33.2 Å². The van der Waals surface area contributed by atoms with E-state index in [0.29, 0.717) is 12.4 Å². The van der Waals surface area contributed by atoms with E-state index in [1.165, 1.54) is 19.2 Å². The minimum Gasteiger partial charge on any atom is -0.496 e. The summed E-state index contributed by atoms with van der Waals surface area (Å²) in [5, 5.41) is 7.05. The highest BCUT2D eigenvalue weighted by molar-refractivity contribution is 6.06. The van der Waals surface area contributed by atoms with Gasteiger partial charge in [0.1, 0.15) is 22.9 Å². The summed E-state index contributed by atoms with van der Waals surface area (Å²) < 4.78 is 20.7. The Morgan fingerprint density at radius 3 is 2.91 bits per heavy atom. The van der Waals surface area contributed by atoms with Gasteiger partial charge in [-0.05, 0) is 25.5 Å². The molecule has 118 valence electrons. The summed E-state index contributed by atoms with van der Waals surface area (Å²) in [6.45, 7) is 4.63. The smallest absolute Gasteiger partial charge is 0.263 e. The lowest BCUT2D eigenvalue weighted by Gasteiger charge is -2.11. The molecule has 0 spiro atoms. The number of nitrogens with one attached hydrogen (secondary N) is 1. The summed E-state index contributed by atoms with van der Waals surface area (Å²) in [6.07, 6.45) is 1.97. The Morgan fingerprint density at radius 1 is 1.45 bits per heavy atom. The lowest BCUT2D eigenvalue weighted by Crippen LogP contribution is -2.18. The van der Waals surface area contributed by atoms with E-state index in [1.54, 1.807) is 16.8 Å². The van der Waals surface area contributed by atoms with Crippen molar-refractivity contribution in [2.24, 2.45) is 0 Å². The molecule has 0 radical (unpaired) electrons. The summed E-state index contributed by atoms with van der Waals surface area (Å²) in [6, 6.07) is 6.05. The molecule has 1 N–H and O–H groups in total. The van der Waals surface area contributed by atoms with Crippen molar-refractivity contribution < 1.29 is 13.9 Å². The first kappa shape index (κ1) is 16.0. The first-order chi connectivity index (χ1) is 10.6. The maximum Gasteiger partial charge on any atom is 0.263 e. The zero-order valence-corrected chi connectivity index (χ0v) is 13.0. The molecule has 0 saturated heterocycles. The van der Waals surface area contributed by atoms with Crippen LogP contribution in [0, 0.1) is 12.7 Å². The van der Waals surface area contributed by atoms with Gasteiger partial charge in [-0.2, -0.15) is 5.10 Å². The standard InChI is InChI=1S/C16H20FN3O2/c1-4-5-9-20-14(10-11(2)19-20)18-16(21)15-12(17)7-6-8-13(15)22-3/h6-8,10H,4-5,9H2,1-3H3,(H,18,21). The molecule has 0 unspecified atom stereocenters. The van der Waals surface area contributed by atoms with Crippen LogP contribution in [0.15, 0.2) is 24.3 Å². The van der Waals surface area contributed by atoms with Crippen LogP contribution in [0.25, 0.3) is 0 Å². The topological polar surface area (TPSA) is 56.2 Å². The van der Waals surface area contributed by atoms with Crippen molar-refractivity contribution in [3.63, 3.8) is 0 Å². The molecule has 22 heavy (non-hydrogen) atoms. The molecular formula is C16H20FN3O2. The Kier molecular flexibility index (Phi) is 5.14. The normalized spacial score (nSPS) is 10.5. The third-order valence-corrected chi connectivity index (χ3v) is 3.29. The van der Waals surface area contributed by atoms with Gasteiger partial charge in [-0.3, -0.25) is 4.79 Å². The average molecular weight is 305 g/mol. The zero-order valence-electron chi connectivity index (χ0n) is 13.0. The number of unbranched alkanes of at least 4 members (excludes halogenated alkanes) is 1. The van der Waals surface area contributed by atoms with Gasteiger partial charge in [0.15, 0.2) is 0 Å². The van der Waals surface area contributed by atoms with Crippen LogP contribution < -0.4 is 10.1 Å². The van der Waals surface area contributed by atoms with Crippen LogP contribution in [0.1, 0.15) is 35.8 Å². The molecule has 0 aliphatic heterocycles. The first-order valence-electron chi connectivity index (χ1n) is 7.25. The minimum atomic E-state index is -0.617. The molecule has 2 aromatic rings. The van der Waals surface area contributed by atoms with E-state index >= 15 is 0 Å². The van der Waals surface area contributed by atoms with Crippen LogP contribution in [0.3, 0.4) is 0 Å². The number of carbonyl (C=O) groups is 1. The van der Waals surface area contributed by atoms with Crippen LogP contribution >= 0.6 is 0 Å². The molecule has 1 amide bonds. The predicted octanol–water partition coefficient (Wildman–Crippen LogP) is 3.39. The van der Waals surface area contributed by atoms with Gasteiger partial charge in [0, 0.05) is 12.6 Å². The fourth-order valence-electron chi connectivity index (χ4n) is 2.20. The highest BCUT2D eigenvalue weighted by Gasteiger charge is 2.19. The van der Waals surface area contributed by atoms with E-state index in [9.17, 15) is 9.18 Å². The largest absolute Gasteiger partial charge is 0.496 e. The molecule has 2 rings (SSSR count). The SMILES string of the molecule is CCCCn1nc(C)cc1NC(=O)c1c(F)cccc1OC. The number of hydrogen-bond acceptors (Lipinski definition) is 3. The minimum absolute atomic E-state index is 0.106. The monoisotopic (exact) mass is 305 g/mol. The summed E-state index contributed by atoms with van der Waals surface area (Å²) in [5.41, 5.74) is 0.692. The Labute approximate surface area is 129 Å². The Hall–Kier alpha value is -2.37. The molecule has 1 aromatic carbocycles. The molecule has 0 atom stereocenters. The van der Waals surface area contributed by atoms with Gasteiger partial charge in [0.05, 0.1) is 12.8 Å². The van der Waals surface area contributed by atoms with Crippen molar-refractivity contribution in [2.75, 3.05) is 12.4 Å². The first-order valence-corrected chi connectivity index (χ1v) is 7.25. The third kappa shape index (κ3) is 3.44. The van der Waals surface area contributed by atoms with E-state index < -0.39 is 11.7 Å². The van der Waals surface area contributed by atoms with Gasteiger partial charge in [-0.1, -0.05) is 19.4 Å². The van der Waals surface area contributed by atoms with Gasteiger partial charge in [-0.15, -0.1) is 0 Å². The highest BCUT2D eigenvalue weighted by Crippen LogP contribution is 2.23. The Morgan fingerprint density at radius 2 is 2.23 bits per heavy atom. The molecule has 0 bridgehead atoms. The zero-order chi connectivity index (χ0) is 16.1. The Bertz CT molecular complexity index is 667. The van der Waals surface area contributed by atoms with Crippen molar-refractivity contribution in [3.8, 4) is 5.75 Å². The van der Waals surface area contributed by atoms with Crippen molar-refractivity contribution in [3.05, 3.63) is 41.3 Å². The van der Waals surface area contributed by atoms with Crippen molar-refractivity contribution in [1.82, 2.24) is 9.78 Å². The maximum absolute atomic E-state index is 13.9. The number of aryl methyl sites for hydroxylation is 2. The quantitative estimate of drug-likeness (QED) is 0.890. The molecular weight excluding hydrogens is 285 g/mol. The summed E-state index contributed by atoms with van der Waals surface area (Å²) in [4.78, 5) is 12.4. The van der Waals surface area contributed by atoms with Crippen LogP contribution in [0.2, 0.25) is 0 Å². The lowest BCUT2D eigenvalue weighted by molar-refractivity contribution is 0.101. The lowest BCUT2D eigenvalue weighted by atomic mass is 10.1. The van der Waals surface area contributed by atoms with E-state index in [0.717, 1.165) is 18.5 Å². The number of anilines is 1. The van der Waals surface area contributed by atoms with Crippen LogP contribution in [0.4, 0.5) is 10.2 Å². The second-order valence-corrected chi connectivity index (χ2v) is 5.02. The van der Waals surface area contributed by atoms with E-state index in [1.807, 2.05) is 6.92 Å². The van der Waals surface area contributed by atoms with Gasteiger partial charge < -0.3 is 10.1 Å². The van der Waals surface area contributed by atoms with Gasteiger partial charge in [0.25, 0.3) is 5.91 Å². The van der Waals surface area contributed by atoms with E-state index in [2.05, 4.69) is 17.3 Å². The molecule has 1 heterocycles. The number of carbonyl (C=O) groups excluding carboxylic acids is 1. The number of ether oxygens (including phenoxy) is 1. The van der Waals surface area contributed by atoms with E-state index in [4.69, 9.17) is 4.74 Å².